The van der Waals surface area contributed by atoms with Crippen LogP contribution in [0.2, 0.25) is 5.02 Å². The summed E-state index contributed by atoms with van der Waals surface area (Å²) in [6, 6.07) is 18.4. The van der Waals surface area contributed by atoms with Crippen LogP contribution >= 0.6 is 11.6 Å². The molecule has 0 atom stereocenters. The third-order valence-corrected chi connectivity index (χ3v) is 5.23. The Morgan fingerprint density at radius 2 is 1.63 bits per heavy atom. The van der Waals surface area contributed by atoms with Gasteiger partial charge in [0.05, 0.1) is 0 Å². The molecule has 1 aliphatic rings. The van der Waals surface area contributed by atoms with E-state index in [2.05, 4.69) is 55.4 Å². The normalized spacial score (nSPS) is 14.3. The SMILES string of the molecule is Cc1ccc(Nc2cc(N3CCN(c4ccccc4)CC3)ncn2)cc1Cl. The molecule has 0 unspecified atom stereocenters. The fourth-order valence-electron chi connectivity index (χ4n) is 3.24. The molecule has 2 aromatic carbocycles. The molecule has 0 spiro atoms. The van der Waals surface area contributed by atoms with Crippen LogP contribution in [0.3, 0.4) is 0 Å². The number of piperazine rings is 1. The molecule has 1 N–H and O–H groups in total. The van der Waals surface area contributed by atoms with Crippen LogP contribution in [0.5, 0.6) is 0 Å². The molecule has 3 aromatic rings. The molecule has 1 aromatic heterocycles. The summed E-state index contributed by atoms with van der Waals surface area (Å²) < 4.78 is 0. The predicted molar refractivity (Wildman–Crippen MR) is 112 cm³/mol. The molecule has 138 valence electrons. The van der Waals surface area contributed by atoms with Gasteiger partial charge in [0.2, 0.25) is 0 Å². The van der Waals surface area contributed by atoms with Gasteiger partial charge in [0, 0.05) is 48.6 Å². The molecule has 1 fully saturated rings. The van der Waals surface area contributed by atoms with Gasteiger partial charge in [-0.25, -0.2) is 9.97 Å². The number of aromatic nitrogens is 2. The van der Waals surface area contributed by atoms with Crippen LogP contribution in [0.25, 0.3) is 0 Å². The van der Waals surface area contributed by atoms with Crippen molar-refractivity contribution in [3.8, 4) is 0 Å². The molecule has 0 bridgehead atoms. The van der Waals surface area contributed by atoms with Gasteiger partial charge in [-0.2, -0.15) is 0 Å². The van der Waals surface area contributed by atoms with E-state index in [1.807, 2.05) is 31.2 Å². The molecule has 0 amide bonds. The first-order valence-corrected chi connectivity index (χ1v) is 9.47. The molecule has 6 heteroatoms. The molecule has 4 rings (SSSR count). The second kappa shape index (κ2) is 7.84. The molecule has 0 saturated carbocycles. The quantitative estimate of drug-likeness (QED) is 0.722. The van der Waals surface area contributed by atoms with E-state index < -0.39 is 0 Å². The first kappa shape index (κ1) is 17.6. The van der Waals surface area contributed by atoms with E-state index in [9.17, 15) is 0 Å². The van der Waals surface area contributed by atoms with Gasteiger partial charge in [0.1, 0.15) is 18.0 Å². The second-order valence-corrected chi connectivity index (χ2v) is 7.07. The van der Waals surface area contributed by atoms with Crippen LogP contribution in [-0.4, -0.2) is 36.1 Å². The molecule has 0 radical (unpaired) electrons. The van der Waals surface area contributed by atoms with E-state index in [0.29, 0.717) is 0 Å². The maximum atomic E-state index is 6.21. The molecule has 1 aliphatic heterocycles. The summed E-state index contributed by atoms with van der Waals surface area (Å²) in [6.07, 6.45) is 1.61. The third kappa shape index (κ3) is 4.14. The minimum absolute atomic E-state index is 0.742. The lowest BCUT2D eigenvalue weighted by Gasteiger charge is -2.36. The summed E-state index contributed by atoms with van der Waals surface area (Å²) >= 11 is 6.21. The minimum atomic E-state index is 0.742. The highest BCUT2D eigenvalue weighted by molar-refractivity contribution is 6.31. The fraction of sp³-hybridized carbons (Fsp3) is 0.238. The third-order valence-electron chi connectivity index (χ3n) is 4.82. The number of aryl methyl sites for hydroxylation is 1. The van der Waals surface area contributed by atoms with Gasteiger partial charge >= 0.3 is 0 Å². The van der Waals surface area contributed by atoms with Gasteiger partial charge in [-0.1, -0.05) is 35.9 Å². The maximum absolute atomic E-state index is 6.21. The van der Waals surface area contributed by atoms with Gasteiger partial charge in [0.25, 0.3) is 0 Å². The van der Waals surface area contributed by atoms with Crippen molar-refractivity contribution in [1.82, 2.24) is 9.97 Å². The zero-order chi connectivity index (χ0) is 18.6. The second-order valence-electron chi connectivity index (χ2n) is 6.66. The summed E-state index contributed by atoms with van der Waals surface area (Å²) in [4.78, 5) is 13.5. The Kier molecular flexibility index (Phi) is 5.12. The molecular weight excluding hydrogens is 358 g/mol. The lowest BCUT2D eigenvalue weighted by atomic mass is 10.2. The molecule has 5 nitrogen and oxygen atoms in total. The van der Waals surface area contributed by atoms with E-state index in [1.165, 1.54) is 5.69 Å². The van der Waals surface area contributed by atoms with Crippen molar-refractivity contribution in [2.24, 2.45) is 0 Å². The Labute approximate surface area is 164 Å². The van der Waals surface area contributed by atoms with Crippen molar-refractivity contribution < 1.29 is 0 Å². The lowest BCUT2D eigenvalue weighted by molar-refractivity contribution is 0.647. The van der Waals surface area contributed by atoms with Gasteiger partial charge < -0.3 is 15.1 Å². The van der Waals surface area contributed by atoms with E-state index in [0.717, 1.165) is 54.1 Å². The molecule has 2 heterocycles. The van der Waals surface area contributed by atoms with Gasteiger partial charge in [-0.05, 0) is 36.8 Å². The number of halogens is 1. The van der Waals surface area contributed by atoms with Crippen LogP contribution in [-0.2, 0) is 0 Å². The van der Waals surface area contributed by atoms with Crippen LogP contribution in [0.4, 0.5) is 23.0 Å². The van der Waals surface area contributed by atoms with Crippen molar-refractivity contribution in [2.45, 2.75) is 6.92 Å². The largest absolute Gasteiger partial charge is 0.368 e. The number of hydrogen-bond acceptors (Lipinski definition) is 5. The first-order chi connectivity index (χ1) is 13.2. The van der Waals surface area contributed by atoms with Crippen LogP contribution in [0, 0.1) is 6.92 Å². The lowest BCUT2D eigenvalue weighted by Crippen LogP contribution is -2.46. The number of nitrogens with zero attached hydrogens (tertiary/aromatic N) is 4. The monoisotopic (exact) mass is 379 g/mol. The summed E-state index contributed by atoms with van der Waals surface area (Å²) in [7, 11) is 0. The Bertz CT molecular complexity index is 907. The molecule has 0 aliphatic carbocycles. The van der Waals surface area contributed by atoms with Crippen molar-refractivity contribution in [1.29, 1.82) is 0 Å². The van der Waals surface area contributed by atoms with E-state index in [-0.39, 0.29) is 0 Å². The molecule has 27 heavy (non-hydrogen) atoms. The van der Waals surface area contributed by atoms with Gasteiger partial charge in [-0.3, -0.25) is 0 Å². The molecule has 1 saturated heterocycles. The van der Waals surface area contributed by atoms with Crippen molar-refractivity contribution in [2.75, 3.05) is 41.3 Å². The number of rotatable bonds is 4. The van der Waals surface area contributed by atoms with Gasteiger partial charge in [-0.15, -0.1) is 0 Å². The Morgan fingerprint density at radius 3 is 2.37 bits per heavy atom. The topological polar surface area (TPSA) is 44.3 Å². The summed E-state index contributed by atoms with van der Waals surface area (Å²) in [5.41, 5.74) is 3.25. The van der Waals surface area contributed by atoms with E-state index >= 15 is 0 Å². The fourth-order valence-corrected chi connectivity index (χ4v) is 3.42. The predicted octanol–water partition coefficient (Wildman–Crippen LogP) is 4.51. The summed E-state index contributed by atoms with van der Waals surface area (Å²) in [6.45, 7) is 5.81. The van der Waals surface area contributed by atoms with Crippen molar-refractivity contribution >= 4 is 34.6 Å². The highest BCUT2D eigenvalue weighted by atomic mass is 35.5. The molecular formula is C21H22ClN5. The number of para-hydroxylation sites is 1. The minimum Gasteiger partial charge on any atom is -0.368 e. The van der Waals surface area contributed by atoms with Crippen LogP contribution in [0.1, 0.15) is 5.56 Å². The zero-order valence-corrected chi connectivity index (χ0v) is 16.0. The van der Waals surface area contributed by atoms with Gasteiger partial charge in [0.15, 0.2) is 0 Å². The number of hydrogen-bond donors (Lipinski definition) is 1. The van der Waals surface area contributed by atoms with E-state index in [1.54, 1.807) is 6.33 Å². The average molecular weight is 380 g/mol. The maximum Gasteiger partial charge on any atom is 0.135 e. The number of benzene rings is 2. The average Bonchev–Trinajstić information content (AvgIpc) is 2.72. The summed E-state index contributed by atoms with van der Waals surface area (Å²) in [5, 5.41) is 4.06. The number of anilines is 4. The van der Waals surface area contributed by atoms with E-state index in [4.69, 9.17) is 11.6 Å². The smallest absolute Gasteiger partial charge is 0.135 e. The Balaban J connectivity index is 1.43. The Hall–Kier alpha value is -2.79. The zero-order valence-electron chi connectivity index (χ0n) is 15.3. The standard InChI is InChI=1S/C21H22ClN5/c1-16-7-8-17(13-19(16)22)25-20-14-21(24-15-23-20)27-11-9-26(10-12-27)18-5-3-2-4-6-18/h2-8,13-15H,9-12H2,1H3,(H,23,24,25). The van der Waals surface area contributed by atoms with Crippen molar-refractivity contribution in [3.05, 3.63) is 71.5 Å². The van der Waals surface area contributed by atoms with Crippen molar-refractivity contribution in [3.63, 3.8) is 0 Å². The first-order valence-electron chi connectivity index (χ1n) is 9.09. The highest BCUT2D eigenvalue weighted by Gasteiger charge is 2.18. The summed E-state index contributed by atoms with van der Waals surface area (Å²) in [5.74, 6) is 1.71. The number of nitrogens with one attached hydrogen (secondary N) is 1. The van der Waals surface area contributed by atoms with Crippen LogP contribution in [0.15, 0.2) is 60.9 Å². The Morgan fingerprint density at radius 1 is 0.889 bits per heavy atom. The van der Waals surface area contributed by atoms with Crippen LogP contribution < -0.4 is 15.1 Å². The highest BCUT2D eigenvalue weighted by Crippen LogP contribution is 2.24.